The number of nitrogens with zero attached hydrogens (tertiary/aromatic N) is 2. The van der Waals surface area contributed by atoms with Gasteiger partial charge < -0.3 is 9.80 Å². The Bertz CT molecular complexity index is 4480. The lowest BCUT2D eigenvalue weighted by Gasteiger charge is -2.36. The maximum absolute atomic E-state index is 2.50. The molecule has 2 aliphatic carbocycles. The van der Waals surface area contributed by atoms with E-state index in [1.54, 1.807) is 0 Å². The smallest absolute Gasteiger partial charge is 0.0726 e. The zero-order valence-corrected chi connectivity index (χ0v) is 42.2. The molecule has 0 radical (unpaired) electrons. The van der Waals surface area contributed by atoms with Gasteiger partial charge in [0.2, 0.25) is 0 Å². The van der Waals surface area contributed by atoms with E-state index in [1.165, 1.54) is 109 Å². The Morgan fingerprint density at radius 1 is 0.303 bits per heavy atom. The summed E-state index contributed by atoms with van der Waals surface area (Å²) in [5.74, 6) is 0. The molecular formula is C73H46N2S. The Labute approximate surface area is 446 Å². The minimum absolute atomic E-state index is 0.617. The number of hydrogen-bond acceptors (Lipinski definition) is 3. The molecule has 1 unspecified atom stereocenters. The normalized spacial score (nSPS) is 14.3. The lowest BCUT2D eigenvalue weighted by atomic mass is 9.66. The van der Waals surface area contributed by atoms with Gasteiger partial charge in [0, 0.05) is 59.6 Å². The molecule has 0 saturated carbocycles. The topological polar surface area (TPSA) is 6.48 Å². The summed E-state index contributed by atoms with van der Waals surface area (Å²) in [4.78, 5) is 4.90. The summed E-state index contributed by atoms with van der Waals surface area (Å²) in [6, 6.07) is 104. The molecule has 3 heteroatoms. The SMILES string of the molecule is c1ccc(-c2ccc(N(c3ccc4c(c3)-c3ccccc3N(c3ccccc3)c3ccccc3-4)c3ccc4c(c3)-c3ccccc3-c3ccccc3C43c4ccccc4-c4c3ccc3c4sc4ccccc43)cc2)cc1. The summed E-state index contributed by atoms with van der Waals surface area (Å²) in [5.41, 5.74) is 26.1. The minimum atomic E-state index is -0.617. The third kappa shape index (κ3) is 6.15. The van der Waals surface area contributed by atoms with Crippen molar-refractivity contribution in [3.63, 3.8) is 0 Å². The molecule has 354 valence electrons. The van der Waals surface area contributed by atoms with Crippen LogP contribution >= 0.6 is 11.3 Å². The quantitative estimate of drug-likeness (QED) is 0.170. The van der Waals surface area contributed by atoms with Crippen molar-refractivity contribution in [2.75, 3.05) is 9.80 Å². The Morgan fingerprint density at radius 2 is 0.789 bits per heavy atom. The van der Waals surface area contributed by atoms with Crippen LogP contribution in [0.4, 0.5) is 34.1 Å². The van der Waals surface area contributed by atoms with Crippen LogP contribution in [-0.2, 0) is 5.41 Å². The van der Waals surface area contributed by atoms with Crippen LogP contribution in [0.3, 0.4) is 0 Å². The molecule has 13 aromatic rings. The molecule has 0 fully saturated rings. The third-order valence-electron chi connectivity index (χ3n) is 16.4. The molecule has 76 heavy (non-hydrogen) atoms. The second-order valence-electron chi connectivity index (χ2n) is 20.3. The predicted molar refractivity (Wildman–Crippen MR) is 320 cm³/mol. The second kappa shape index (κ2) is 16.7. The van der Waals surface area contributed by atoms with Crippen LogP contribution in [0.25, 0.3) is 86.9 Å². The van der Waals surface area contributed by atoms with Crippen LogP contribution in [0.5, 0.6) is 0 Å². The van der Waals surface area contributed by atoms with Crippen molar-refractivity contribution in [3.05, 3.63) is 301 Å². The van der Waals surface area contributed by atoms with Gasteiger partial charge in [0.25, 0.3) is 0 Å². The molecule has 0 saturated heterocycles. The molecule has 3 aliphatic rings. The summed E-state index contributed by atoms with van der Waals surface area (Å²) >= 11 is 1.93. The van der Waals surface area contributed by atoms with Crippen LogP contribution in [0.15, 0.2) is 279 Å². The van der Waals surface area contributed by atoms with E-state index in [0.29, 0.717) is 0 Å². The summed E-state index contributed by atoms with van der Waals surface area (Å²) in [6.45, 7) is 0. The van der Waals surface area contributed by atoms with Crippen LogP contribution in [0, 0.1) is 0 Å². The van der Waals surface area contributed by atoms with E-state index in [-0.39, 0.29) is 0 Å². The maximum Gasteiger partial charge on any atom is 0.0726 e. The van der Waals surface area contributed by atoms with Crippen molar-refractivity contribution < 1.29 is 0 Å². The highest BCUT2D eigenvalue weighted by molar-refractivity contribution is 7.26. The standard InChI is InChI=1S/C73H46N2S/c1-3-19-47(20-4-1)48-35-37-50(38-36-48)74(51-39-41-55-57-26-11-16-32-68(57)75(49-21-5-2-6-22-49)69-33-17-12-27-58(69)62(55)45-51)52-40-43-66-63(46-52)54-24-8-7-23-53(54)56-25-9-14-30-64(56)73(66)65-31-15-10-29-61(65)71-67(73)44-42-60-59-28-13-18-34-70(59)76-72(60)71/h1-46H. The van der Waals surface area contributed by atoms with Gasteiger partial charge in [-0.2, -0.15) is 0 Å². The lowest BCUT2D eigenvalue weighted by molar-refractivity contribution is 0.776. The number of benzene rings is 12. The lowest BCUT2D eigenvalue weighted by Crippen LogP contribution is -2.29. The van der Waals surface area contributed by atoms with E-state index in [4.69, 9.17) is 0 Å². The highest BCUT2D eigenvalue weighted by Crippen LogP contribution is 2.64. The van der Waals surface area contributed by atoms with Gasteiger partial charge in [0.05, 0.1) is 16.8 Å². The van der Waals surface area contributed by atoms with Crippen LogP contribution in [-0.4, -0.2) is 0 Å². The Morgan fingerprint density at radius 3 is 1.53 bits per heavy atom. The van der Waals surface area contributed by atoms with Crippen molar-refractivity contribution in [1.29, 1.82) is 0 Å². The molecule has 2 nitrogen and oxygen atoms in total. The minimum Gasteiger partial charge on any atom is -0.310 e. The van der Waals surface area contributed by atoms with E-state index in [0.717, 1.165) is 34.1 Å². The highest BCUT2D eigenvalue weighted by atomic mass is 32.1. The molecule has 1 spiro atoms. The van der Waals surface area contributed by atoms with Gasteiger partial charge in [0.15, 0.2) is 0 Å². The molecule has 0 bridgehead atoms. The molecule has 0 N–H and O–H groups in total. The van der Waals surface area contributed by atoms with Crippen molar-refractivity contribution >= 4 is 65.6 Å². The first-order chi connectivity index (χ1) is 37.7. The van der Waals surface area contributed by atoms with Gasteiger partial charge in [0.1, 0.15) is 0 Å². The van der Waals surface area contributed by atoms with Crippen LogP contribution in [0.2, 0.25) is 0 Å². The number of fused-ring (bicyclic) bond motifs is 21. The molecule has 1 aromatic heterocycles. The summed E-state index contributed by atoms with van der Waals surface area (Å²) in [5, 5.41) is 2.64. The average Bonchev–Trinajstić information content (AvgIpc) is 4.14. The molecule has 16 rings (SSSR count). The largest absolute Gasteiger partial charge is 0.310 e. The molecule has 2 heterocycles. The molecular weight excluding hydrogens is 937 g/mol. The van der Waals surface area contributed by atoms with Crippen molar-refractivity contribution in [1.82, 2.24) is 0 Å². The highest BCUT2D eigenvalue weighted by Gasteiger charge is 2.50. The van der Waals surface area contributed by atoms with E-state index in [9.17, 15) is 0 Å². The first-order valence-corrected chi connectivity index (χ1v) is 27.1. The van der Waals surface area contributed by atoms with Crippen molar-refractivity contribution in [2.24, 2.45) is 0 Å². The van der Waals surface area contributed by atoms with Gasteiger partial charge in [-0.05, 0) is 139 Å². The first kappa shape index (κ1) is 42.9. The third-order valence-corrected chi connectivity index (χ3v) is 17.6. The van der Waals surface area contributed by atoms with Crippen molar-refractivity contribution in [3.8, 4) is 66.8 Å². The van der Waals surface area contributed by atoms with Crippen LogP contribution in [0.1, 0.15) is 22.3 Å². The van der Waals surface area contributed by atoms with E-state index in [1.807, 2.05) is 11.3 Å². The first-order valence-electron chi connectivity index (χ1n) is 26.2. The second-order valence-corrected chi connectivity index (χ2v) is 21.3. The number of thiophene rings is 1. The summed E-state index contributed by atoms with van der Waals surface area (Å²) < 4.78 is 2.67. The van der Waals surface area contributed by atoms with E-state index < -0.39 is 5.41 Å². The monoisotopic (exact) mass is 982 g/mol. The Hall–Kier alpha value is -9.54. The van der Waals surface area contributed by atoms with Gasteiger partial charge in [-0.1, -0.05) is 212 Å². The Balaban J connectivity index is 0.965. The fourth-order valence-corrected chi connectivity index (χ4v) is 14.5. The van der Waals surface area contributed by atoms with Crippen molar-refractivity contribution in [2.45, 2.75) is 5.41 Å². The Kier molecular flexibility index (Phi) is 9.45. The molecule has 1 atom stereocenters. The maximum atomic E-state index is 2.50. The summed E-state index contributed by atoms with van der Waals surface area (Å²) in [7, 11) is 0. The van der Waals surface area contributed by atoms with Gasteiger partial charge in [-0.25, -0.2) is 0 Å². The predicted octanol–water partition coefficient (Wildman–Crippen LogP) is 20.3. The number of para-hydroxylation sites is 3. The molecule has 0 amide bonds. The van der Waals surface area contributed by atoms with E-state index in [2.05, 4.69) is 289 Å². The number of anilines is 6. The number of hydrogen-bond donors (Lipinski definition) is 0. The fourth-order valence-electron chi connectivity index (χ4n) is 13.3. The summed E-state index contributed by atoms with van der Waals surface area (Å²) in [6.07, 6.45) is 0. The molecule has 12 aromatic carbocycles. The fraction of sp³-hybridized carbons (Fsp3) is 0.0137. The zero-order valence-electron chi connectivity index (χ0n) is 41.4. The molecule has 1 aliphatic heterocycles. The van der Waals surface area contributed by atoms with Gasteiger partial charge in [-0.15, -0.1) is 11.3 Å². The number of rotatable bonds is 5. The zero-order chi connectivity index (χ0) is 49.9. The average molecular weight is 983 g/mol. The van der Waals surface area contributed by atoms with Crippen LogP contribution < -0.4 is 9.80 Å². The van der Waals surface area contributed by atoms with E-state index >= 15 is 0 Å². The van der Waals surface area contributed by atoms with Gasteiger partial charge in [-0.3, -0.25) is 0 Å². The van der Waals surface area contributed by atoms with Gasteiger partial charge >= 0.3 is 0 Å².